The van der Waals surface area contributed by atoms with Gasteiger partial charge in [0.15, 0.2) is 5.78 Å². The molecule has 1 saturated carbocycles. The highest BCUT2D eigenvalue weighted by Crippen LogP contribution is 2.57. The number of carboxylic acids is 1. The molecular formula is C19H24O3. The second-order valence-electron chi connectivity index (χ2n) is 7.96. The predicted octanol–water partition coefficient (Wildman–Crippen LogP) is 4.36. The Kier molecular flexibility index (Phi) is 3.24. The Morgan fingerprint density at radius 1 is 1.23 bits per heavy atom. The van der Waals surface area contributed by atoms with E-state index in [1.54, 1.807) is 6.07 Å². The average molecular weight is 300 g/mol. The quantitative estimate of drug-likeness (QED) is 0.838. The van der Waals surface area contributed by atoms with Crippen LogP contribution in [0.4, 0.5) is 0 Å². The number of rotatable bonds is 1. The molecular weight excluding hydrogens is 276 g/mol. The zero-order valence-corrected chi connectivity index (χ0v) is 13.8. The average Bonchev–Trinajstić information content (AvgIpc) is 2.41. The van der Waals surface area contributed by atoms with Gasteiger partial charge in [0.25, 0.3) is 0 Å². The molecule has 0 bridgehead atoms. The first-order valence-electron chi connectivity index (χ1n) is 8.08. The second kappa shape index (κ2) is 4.68. The van der Waals surface area contributed by atoms with E-state index in [0.717, 1.165) is 30.4 Å². The Labute approximate surface area is 131 Å². The predicted molar refractivity (Wildman–Crippen MR) is 85.6 cm³/mol. The lowest BCUT2D eigenvalue weighted by atomic mass is 9.50. The van der Waals surface area contributed by atoms with Crippen LogP contribution in [0.25, 0.3) is 0 Å². The van der Waals surface area contributed by atoms with E-state index in [-0.39, 0.29) is 22.2 Å². The molecule has 0 aromatic heterocycles. The molecule has 1 N–H and O–H groups in total. The summed E-state index contributed by atoms with van der Waals surface area (Å²) in [4.78, 5) is 24.0. The smallest absolute Gasteiger partial charge is 0.335 e. The van der Waals surface area contributed by atoms with Gasteiger partial charge in [-0.15, -0.1) is 0 Å². The number of carbonyl (C=O) groups is 2. The van der Waals surface area contributed by atoms with E-state index >= 15 is 0 Å². The highest BCUT2D eigenvalue weighted by Gasteiger charge is 2.51. The summed E-state index contributed by atoms with van der Waals surface area (Å²) in [6.07, 6.45) is 3.93. The molecule has 1 aromatic carbocycles. The van der Waals surface area contributed by atoms with Crippen LogP contribution in [0.1, 0.15) is 78.3 Å². The minimum atomic E-state index is -0.954. The highest BCUT2D eigenvalue weighted by atomic mass is 16.4. The fourth-order valence-electron chi connectivity index (χ4n) is 4.88. The van der Waals surface area contributed by atoms with Crippen LogP contribution in [0.15, 0.2) is 12.1 Å². The van der Waals surface area contributed by atoms with E-state index in [1.807, 2.05) is 13.0 Å². The monoisotopic (exact) mass is 300 g/mol. The van der Waals surface area contributed by atoms with Crippen LogP contribution in [0.2, 0.25) is 0 Å². The third-order valence-electron chi connectivity index (χ3n) is 6.13. The van der Waals surface area contributed by atoms with Crippen LogP contribution in [0, 0.1) is 18.3 Å². The van der Waals surface area contributed by atoms with E-state index in [4.69, 9.17) is 0 Å². The van der Waals surface area contributed by atoms with Crippen molar-refractivity contribution >= 4 is 11.8 Å². The SMILES string of the molecule is Cc1cc2c(cc1C(=O)O)C(=O)C[C@H]1C(C)(C)CCC[C@]21C. The van der Waals surface area contributed by atoms with Gasteiger partial charge in [0.2, 0.25) is 0 Å². The lowest BCUT2D eigenvalue weighted by molar-refractivity contribution is 0.0368. The minimum Gasteiger partial charge on any atom is -0.478 e. The zero-order valence-electron chi connectivity index (χ0n) is 13.8. The van der Waals surface area contributed by atoms with Gasteiger partial charge in [-0.2, -0.15) is 0 Å². The second-order valence-corrected chi connectivity index (χ2v) is 7.96. The van der Waals surface area contributed by atoms with Crippen molar-refractivity contribution in [2.24, 2.45) is 11.3 Å². The van der Waals surface area contributed by atoms with Crippen LogP contribution in [-0.2, 0) is 5.41 Å². The topological polar surface area (TPSA) is 54.4 Å². The number of hydrogen-bond donors (Lipinski definition) is 1. The Morgan fingerprint density at radius 3 is 2.55 bits per heavy atom. The van der Waals surface area contributed by atoms with E-state index in [9.17, 15) is 14.7 Å². The molecule has 0 amide bonds. The summed E-state index contributed by atoms with van der Waals surface area (Å²) < 4.78 is 0. The molecule has 3 nitrogen and oxygen atoms in total. The summed E-state index contributed by atoms with van der Waals surface area (Å²) in [7, 11) is 0. The maximum absolute atomic E-state index is 12.7. The van der Waals surface area contributed by atoms with Gasteiger partial charge in [-0.3, -0.25) is 4.79 Å². The maximum Gasteiger partial charge on any atom is 0.335 e. The van der Waals surface area contributed by atoms with Crippen LogP contribution >= 0.6 is 0 Å². The first-order chi connectivity index (χ1) is 10.2. The molecule has 0 aliphatic heterocycles. The van der Waals surface area contributed by atoms with Crippen molar-refractivity contribution in [3.63, 3.8) is 0 Å². The number of aromatic carboxylic acids is 1. The van der Waals surface area contributed by atoms with Gasteiger partial charge in [0.1, 0.15) is 0 Å². The van der Waals surface area contributed by atoms with Crippen LogP contribution in [0.5, 0.6) is 0 Å². The van der Waals surface area contributed by atoms with Gasteiger partial charge in [-0.25, -0.2) is 4.79 Å². The van der Waals surface area contributed by atoms with Crippen molar-refractivity contribution in [3.05, 3.63) is 34.4 Å². The molecule has 2 atom stereocenters. The van der Waals surface area contributed by atoms with Crippen molar-refractivity contribution in [2.75, 3.05) is 0 Å². The molecule has 118 valence electrons. The maximum atomic E-state index is 12.7. The highest BCUT2D eigenvalue weighted by molar-refractivity contribution is 6.02. The number of ketones is 1. The Hall–Kier alpha value is -1.64. The number of carboxylic acid groups (broad SMARTS) is 1. The molecule has 22 heavy (non-hydrogen) atoms. The molecule has 0 unspecified atom stereocenters. The summed E-state index contributed by atoms with van der Waals surface area (Å²) in [6, 6.07) is 3.57. The summed E-state index contributed by atoms with van der Waals surface area (Å²) in [5, 5.41) is 9.32. The molecule has 3 rings (SSSR count). The van der Waals surface area contributed by atoms with E-state index in [1.165, 1.54) is 0 Å². The van der Waals surface area contributed by atoms with Crippen molar-refractivity contribution < 1.29 is 14.7 Å². The van der Waals surface area contributed by atoms with E-state index in [2.05, 4.69) is 20.8 Å². The van der Waals surface area contributed by atoms with Crippen LogP contribution in [-0.4, -0.2) is 16.9 Å². The van der Waals surface area contributed by atoms with Crippen molar-refractivity contribution in [2.45, 2.75) is 58.8 Å². The summed E-state index contributed by atoms with van der Waals surface area (Å²) in [5.41, 5.74) is 2.85. The lowest BCUT2D eigenvalue weighted by Crippen LogP contribution is -2.49. The number of aryl methyl sites for hydroxylation is 1. The van der Waals surface area contributed by atoms with Gasteiger partial charge < -0.3 is 5.11 Å². The molecule has 1 fully saturated rings. The molecule has 2 aliphatic rings. The number of Topliss-reactive ketones (excluding diaryl/α,β-unsaturated/α-hetero) is 1. The van der Waals surface area contributed by atoms with Crippen molar-refractivity contribution in [1.29, 1.82) is 0 Å². The van der Waals surface area contributed by atoms with Gasteiger partial charge >= 0.3 is 5.97 Å². The first kappa shape index (κ1) is 15.3. The molecule has 0 spiro atoms. The molecule has 0 radical (unpaired) electrons. The minimum absolute atomic E-state index is 0.0210. The largest absolute Gasteiger partial charge is 0.478 e. The Morgan fingerprint density at radius 2 is 1.91 bits per heavy atom. The summed E-state index contributed by atoms with van der Waals surface area (Å²) in [5.74, 6) is -0.511. The number of benzene rings is 1. The molecule has 2 aliphatic carbocycles. The van der Waals surface area contributed by atoms with E-state index in [0.29, 0.717) is 17.9 Å². The molecule has 0 saturated heterocycles. The standard InChI is InChI=1S/C19H24O3/c1-11-8-14-13(9-12(11)17(21)22)15(20)10-16-18(2,3)6-5-7-19(14,16)4/h8-9,16H,5-7,10H2,1-4H3,(H,21,22)/t16-,19+/m0/s1. The number of hydrogen-bond acceptors (Lipinski definition) is 2. The van der Waals surface area contributed by atoms with Crippen LogP contribution in [0.3, 0.4) is 0 Å². The van der Waals surface area contributed by atoms with E-state index < -0.39 is 5.97 Å². The fourth-order valence-corrected chi connectivity index (χ4v) is 4.88. The zero-order chi connectivity index (χ0) is 16.3. The van der Waals surface area contributed by atoms with Crippen LogP contribution < -0.4 is 0 Å². The first-order valence-corrected chi connectivity index (χ1v) is 8.08. The summed E-state index contributed by atoms with van der Waals surface area (Å²) in [6.45, 7) is 8.64. The van der Waals surface area contributed by atoms with Gasteiger partial charge in [0, 0.05) is 12.0 Å². The molecule has 1 aromatic rings. The van der Waals surface area contributed by atoms with Gasteiger partial charge in [-0.1, -0.05) is 33.3 Å². The van der Waals surface area contributed by atoms with Gasteiger partial charge in [0.05, 0.1) is 5.56 Å². The third-order valence-corrected chi connectivity index (χ3v) is 6.13. The molecule has 0 heterocycles. The van der Waals surface area contributed by atoms with Crippen molar-refractivity contribution in [1.82, 2.24) is 0 Å². The third kappa shape index (κ3) is 2.02. The molecule has 3 heteroatoms. The van der Waals surface area contributed by atoms with Gasteiger partial charge in [-0.05, 0) is 53.7 Å². The number of carbonyl (C=O) groups excluding carboxylic acids is 1. The number of fused-ring (bicyclic) bond motifs is 3. The summed E-state index contributed by atoms with van der Waals surface area (Å²) >= 11 is 0. The fraction of sp³-hybridized carbons (Fsp3) is 0.579. The Balaban J connectivity index is 2.22. The lowest BCUT2D eigenvalue weighted by Gasteiger charge is -2.54. The normalized spacial score (nSPS) is 29.6. The Bertz CT molecular complexity index is 672. The van der Waals surface area contributed by atoms with Crippen molar-refractivity contribution in [3.8, 4) is 0 Å².